The number of nitrogens with zero attached hydrogens (tertiary/aromatic N) is 1. The van der Waals surface area contributed by atoms with Crippen LogP contribution < -0.4 is 59.7 Å². The third-order valence-corrected chi connectivity index (χ3v) is 8.95. The molecular formula is C38H59N13O10. The van der Waals surface area contributed by atoms with Gasteiger partial charge in [-0.3, -0.25) is 43.2 Å². The topological polar surface area (TPSA) is 377 Å². The number of rotatable bonds is 27. The van der Waals surface area contributed by atoms with Crippen LogP contribution in [0.3, 0.4) is 0 Å². The minimum Gasteiger partial charge on any atom is -0.391 e. The molecule has 0 bridgehead atoms. The van der Waals surface area contributed by atoms with Gasteiger partial charge in [0.1, 0.15) is 30.2 Å². The largest absolute Gasteiger partial charge is 0.391 e. The molecule has 336 valence electrons. The fourth-order valence-corrected chi connectivity index (χ4v) is 5.65. The Balaban J connectivity index is 2.36. The molecular weight excluding hydrogens is 798 g/mol. The number of carbonyl (C=O) groups excluding carboxylic acids is 9. The van der Waals surface area contributed by atoms with E-state index in [1.54, 1.807) is 44.2 Å². The molecule has 0 aliphatic rings. The number of unbranched alkanes of at least 4 members (excludes halogenated alkanes) is 1. The summed E-state index contributed by atoms with van der Waals surface area (Å²) < 4.78 is 0. The van der Waals surface area contributed by atoms with E-state index >= 15 is 0 Å². The van der Waals surface area contributed by atoms with Gasteiger partial charge in [0.2, 0.25) is 53.2 Å². The number of amides is 9. The number of aliphatic hydroxyl groups is 1. The van der Waals surface area contributed by atoms with Crippen LogP contribution in [0.2, 0.25) is 0 Å². The molecule has 0 spiro atoms. The van der Waals surface area contributed by atoms with Crippen molar-refractivity contribution in [3.63, 3.8) is 0 Å². The highest BCUT2D eigenvalue weighted by Gasteiger charge is 2.35. The maximum atomic E-state index is 14.2. The lowest BCUT2D eigenvalue weighted by atomic mass is 10.0. The normalized spacial score (nSPS) is 13.8. The predicted molar refractivity (Wildman–Crippen MR) is 219 cm³/mol. The lowest BCUT2D eigenvalue weighted by Gasteiger charge is -2.29. The number of hydrogen-bond donors (Lipinski definition) is 13. The van der Waals surface area contributed by atoms with Crippen LogP contribution in [0.25, 0.3) is 0 Å². The Labute approximate surface area is 352 Å². The summed E-state index contributed by atoms with van der Waals surface area (Å²) >= 11 is 0. The minimum absolute atomic E-state index is 0.0527. The van der Waals surface area contributed by atoms with Crippen LogP contribution >= 0.6 is 0 Å². The highest BCUT2D eigenvalue weighted by molar-refractivity contribution is 5.97. The number of H-pyrrole nitrogens is 1. The van der Waals surface area contributed by atoms with E-state index in [1.807, 2.05) is 0 Å². The lowest BCUT2D eigenvalue weighted by molar-refractivity contribution is -0.136. The summed E-state index contributed by atoms with van der Waals surface area (Å²) in [5.74, 6) is -7.58. The van der Waals surface area contributed by atoms with Gasteiger partial charge in [-0.1, -0.05) is 44.2 Å². The first-order valence-electron chi connectivity index (χ1n) is 19.6. The molecule has 0 radical (unpaired) electrons. The van der Waals surface area contributed by atoms with Crippen molar-refractivity contribution in [1.82, 2.24) is 52.5 Å². The van der Waals surface area contributed by atoms with Crippen molar-refractivity contribution < 1.29 is 48.3 Å². The summed E-state index contributed by atoms with van der Waals surface area (Å²) in [7, 11) is 0. The second-order valence-corrected chi connectivity index (χ2v) is 14.4. The molecule has 0 unspecified atom stereocenters. The summed E-state index contributed by atoms with van der Waals surface area (Å²) in [5.41, 5.74) is 17.0. The first kappa shape index (κ1) is 50.7. The molecule has 0 saturated carbocycles. The summed E-state index contributed by atoms with van der Waals surface area (Å²) in [6, 6.07) is 1.95. The number of carbonyl (C=O) groups is 9. The Bertz CT molecular complexity index is 1780. The van der Waals surface area contributed by atoms with Crippen LogP contribution in [0.15, 0.2) is 42.9 Å². The van der Waals surface area contributed by atoms with E-state index in [9.17, 15) is 48.3 Å². The van der Waals surface area contributed by atoms with Gasteiger partial charge >= 0.3 is 0 Å². The van der Waals surface area contributed by atoms with Crippen LogP contribution in [-0.2, 0) is 56.0 Å². The zero-order valence-corrected chi connectivity index (χ0v) is 34.5. The minimum atomic E-state index is -1.54. The lowest BCUT2D eigenvalue weighted by Crippen LogP contribution is -2.62. The third-order valence-electron chi connectivity index (χ3n) is 8.95. The van der Waals surface area contributed by atoms with Crippen molar-refractivity contribution >= 4 is 53.2 Å². The van der Waals surface area contributed by atoms with E-state index in [2.05, 4.69) is 52.5 Å². The zero-order chi connectivity index (χ0) is 45.5. The molecule has 2 aromatic rings. The van der Waals surface area contributed by atoms with Gasteiger partial charge < -0.3 is 69.8 Å². The van der Waals surface area contributed by atoms with Crippen LogP contribution in [0.5, 0.6) is 0 Å². The zero-order valence-electron chi connectivity index (χ0n) is 34.5. The van der Waals surface area contributed by atoms with Crippen molar-refractivity contribution in [1.29, 1.82) is 0 Å². The van der Waals surface area contributed by atoms with E-state index < -0.39 is 115 Å². The smallest absolute Gasteiger partial charge is 0.245 e. The van der Waals surface area contributed by atoms with Crippen LogP contribution in [0.4, 0.5) is 0 Å². The summed E-state index contributed by atoms with van der Waals surface area (Å²) in [5, 5.41) is 30.1. The average Bonchev–Trinajstić information content (AvgIpc) is 3.74. The second-order valence-electron chi connectivity index (χ2n) is 14.4. The first-order valence-corrected chi connectivity index (χ1v) is 19.6. The number of aromatic nitrogens is 2. The predicted octanol–water partition coefficient (Wildman–Crippen LogP) is -5.42. The van der Waals surface area contributed by atoms with Crippen molar-refractivity contribution in [2.75, 3.05) is 32.7 Å². The van der Waals surface area contributed by atoms with Gasteiger partial charge in [0.25, 0.3) is 0 Å². The van der Waals surface area contributed by atoms with Gasteiger partial charge in [-0.2, -0.15) is 0 Å². The number of nitrogens with one attached hydrogen (secondary N) is 9. The number of hydrogen-bond acceptors (Lipinski definition) is 13. The van der Waals surface area contributed by atoms with Gasteiger partial charge in [0.05, 0.1) is 38.6 Å². The molecule has 1 aromatic carbocycles. The number of benzene rings is 1. The maximum absolute atomic E-state index is 14.2. The fourth-order valence-electron chi connectivity index (χ4n) is 5.65. The van der Waals surface area contributed by atoms with Gasteiger partial charge in [0.15, 0.2) is 0 Å². The fraction of sp³-hybridized carbons (Fsp3) is 0.526. The number of aromatic amines is 1. The summed E-state index contributed by atoms with van der Waals surface area (Å²) in [4.78, 5) is 123. The van der Waals surface area contributed by atoms with Crippen molar-refractivity contribution in [2.24, 2.45) is 23.1 Å². The van der Waals surface area contributed by atoms with Crippen LogP contribution in [0.1, 0.15) is 51.3 Å². The van der Waals surface area contributed by atoms with Crippen molar-refractivity contribution in [2.45, 2.75) is 89.2 Å². The Morgan fingerprint density at radius 1 is 0.656 bits per heavy atom. The SMILES string of the molecule is CC(C)[C@H](NC(=O)[C@@H](NC(=O)CNC(=O)CN)[C@@H](C)O)C(=O)N[C@@H](Cc1cnc[nH]1)C(=O)N[C@@H](Cc1ccccc1)C(=O)N[C@@H](CCCCN)C(=O)NCC(=O)NCC(N)=O. The average molecular weight is 858 g/mol. The van der Waals surface area contributed by atoms with E-state index in [-0.39, 0.29) is 25.8 Å². The number of primary amides is 1. The highest BCUT2D eigenvalue weighted by Crippen LogP contribution is 2.10. The number of imidazole rings is 1. The number of aliphatic hydroxyl groups excluding tert-OH is 1. The van der Waals surface area contributed by atoms with Crippen molar-refractivity contribution in [3.05, 3.63) is 54.1 Å². The van der Waals surface area contributed by atoms with Gasteiger partial charge in [0, 0.05) is 24.7 Å². The molecule has 0 aliphatic heterocycles. The molecule has 0 saturated heterocycles. The maximum Gasteiger partial charge on any atom is 0.245 e. The first-order chi connectivity index (χ1) is 28.9. The van der Waals surface area contributed by atoms with Crippen molar-refractivity contribution in [3.8, 4) is 0 Å². The molecule has 2 rings (SSSR count). The van der Waals surface area contributed by atoms with E-state index in [4.69, 9.17) is 17.2 Å². The molecule has 23 nitrogen and oxygen atoms in total. The quantitative estimate of drug-likeness (QED) is 0.0374. The van der Waals surface area contributed by atoms with Crippen LogP contribution in [0, 0.1) is 5.92 Å². The Morgan fingerprint density at radius 2 is 1.25 bits per heavy atom. The monoisotopic (exact) mass is 857 g/mol. The highest BCUT2D eigenvalue weighted by atomic mass is 16.3. The molecule has 1 aromatic heterocycles. The van der Waals surface area contributed by atoms with Gasteiger partial charge in [-0.05, 0) is 44.2 Å². The number of nitrogens with two attached hydrogens (primary N) is 3. The molecule has 6 atom stereocenters. The standard InChI is InChI=1S/C38H59N13O10/c1-21(2)32(51-38(61)33(22(3)52)50-31(56)19-44-29(54)15-40)37(60)49-27(14-24-16-42-20-46-24)36(59)48-26(13-23-9-5-4-6-10-23)35(58)47-25(11-7-8-12-39)34(57)45-18-30(55)43-17-28(41)53/h4-6,9-10,16,20-22,25-27,32-33,52H,7-8,11-15,17-19,39-40H2,1-3H3,(H2,41,53)(H,42,46)(H,43,55)(H,44,54)(H,45,57)(H,47,58)(H,48,59)(H,49,60)(H,50,56)(H,51,61)/t22-,25+,26+,27+,32+,33+/m1/s1. The summed E-state index contributed by atoms with van der Waals surface area (Å²) in [6.45, 7) is 2.90. The third kappa shape index (κ3) is 19.0. The van der Waals surface area contributed by atoms with Gasteiger partial charge in [-0.15, -0.1) is 0 Å². The Kier molecular flexibility index (Phi) is 22.1. The summed E-state index contributed by atoms with van der Waals surface area (Å²) in [6.07, 6.45) is 2.19. The molecule has 0 aliphatic carbocycles. The molecule has 9 amide bonds. The van der Waals surface area contributed by atoms with E-state index in [0.29, 0.717) is 30.6 Å². The molecule has 23 heteroatoms. The molecule has 61 heavy (non-hydrogen) atoms. The van der Waals surface area contributed by atoms with Gasteiger partial charge in [-0.25, -0.2) is 4.98 Å². The molecule has 0 fully saturated rings. The Hall–Kier alpha value is -6.46. The Morgan fingerprint density at radius 3 is 1.82 bits per heavy atom. The van der Waals surface area contributed by atoms with Crippen LogP contribution in [-0.4, -0.2) is 137 Å². The van der Waals surface area contributed by atoms with E-state index in [0.717, 1.165) is 0 Å². The van der Waals surface area contributed by atoms with E-state index in [1.165, 1.54) is 19.4 Å². The molecule has 16 N–H and O–H groups in total. The molecule has 1 heterocycles. The second kappa shape index (κ2) is 26.6.